The van der Waals surface area contributed by atoms with Gasteiger partial charge in [-0.15, -0.1) is 0 Å². The van der Waals surface area contributed by atoms with Crippen molar-refractivity contribution in [1.82, 2.24) is 20.2 Å². The first kappa shape index (κ1) is 14.4. The Hall–Kier alpha value is -1.53. The van der Waals surface area contributed by atoms with E-state index >= 15 is 0 Å². The van der Waals surface area contributed by atoms with E-state index in [2.05, 4.69) is 52.5 Å². The number of benzene rings is 1. The minimum absolute atomic E-state index is 0.0886. The number of piperazine rings is 1. The quantitative estimate of drug-likeness (QED) is 0.650. The standard InChI is InChI=1S/C16H23N5/c1-20-9-10-21(2)15(11-20)16(19-17)13-5-3-7-14-12(13)6-4-8-18-14/h3-8,15-16,19H,9-11,17H2,1-2H3. The molecule has 1 fully saturated rings. The highest BCUT2D eigenvalue weighted by atomic mass is 15.3. The molecule has 0 bridgehead atoms. The topological polar surface area (TPSA) is 57.4 Å². The first-order valence-corrected chi connectivity index (χ1v) is 7.39. The summed E-state index contributed by atoms with van der Waals surface area (Å²) in [6.45, 7) is 3.16. The van der Waals surface area contributed by atoms with E-state index in [0.29, 0.717) is 6.04 Å². The lowest BCUT2D eigenvalue weighted by molar-refractivity contribution is 0.0880. The number of nitrogens with zero attached hydrogens (tertiary/aromatic N) is 3. The third kappa shape index (κ3) is 2.78. The Balaban J connectivity index is 2.01. The minimum Gasteiger partial charge on any atom is -0.303 e. The Labute approximate surface area is 125 Å². The highest BCUT2D eigenvalue weighted by Crippen LogP contribution is 2.28. The largest absolute Gasteiger partial charge is 0.303 e. The van der Waals surface area contributed by atoms with Crippen LogP contribution in [-0.2, 0) is 0 Å². The fourth-order valence-corrected chi connectivity index (χ4v) is 3.21. The smallest absolute Gasteiger partial charge is 0.0705 e. The maximum absolute atomic E-state index is 5.92. The molecule has 1 aliphatic rings. The van der Waals surface area contributed by atoms with Gasteiger partial charge in [-0.3, -0.25) is 21.2 Å². The Kier molecular flexibility index (Phi) is 4.17. The van der Waals surface area contributed by atoms with Crippen LogP contribution in [0.5, 0.6) is 0 Å². The Morgan fingerprint density at radius 3 is 2.90 bits per heavy atom. The maximum Gasteiger partial charge on any atom is 0.0705 e. The number of likely N-dealkylation sites (N-methyl/N-ethyl adjacent to an activating group) is 2. The van der Waals surface area contributed by atoms with E-state index in [1.807, 2.05) is 18.3 Å². The summed E-state index contributed by atoms with van der Waals surface area (Å²) in [4.78, 5) is 9.19. The van der Waals surface area contributed by atoms with Crippen LogP contribution in [0.3, 0.4) is 0 Å². The highest BCUT2D eigenvalue weighted by Gasteiger charge is 2.31. The lowest BCUT2D eigenvalue weighted by Gasteiger charge is -2.42. The maximum atomic E-state index is 5.92. The molecule has 5 nitrogen and oxygen atoms in total. The lowest BCUT2D eigenvalue weighted by Crippen LogP contribution is -2.56. The minimum atomic E-state index is 0.0886. The average molecular weight is 285 g/mol. The van der Waals surface area contributed by atoms with Gasteiger partial charge >= 0.3 is 0 Å². The average Bonchev–Trinajstić information content (AvgIpc) is 2.51. The van der Waals surface area contributed by atoms with Crippen molar-refractivity contribution in [2.24, 2.45) is 5.84 Å². The molecule has 3 rings (SSSR count). The van der Waals surface area contributed by atoms with Crippen molar-refractivity contribution in [1.29, 1.82) is 0 Å². The van der Waals surface area contributed by atoms with Gasteiger partial charge in [0.2, 0.25) is 0 Å². The van der Waals surface area contributed by atoms with Crippen molar-refractivity contribution in [3.8, 4) is 0 Å². The fraction of sp³-hybridized carbons (Fsp3) is 0.438. The van der Waals surface area contributed by atoms with Gasteiger partial charge in [-0.1, -0.05) is 18.2 Å². The number of nitrogens with two attached hydrogens (primary N) is 1. The van der Waals surface area contributed by atoms with Crippen molar-refractivity contribution in [2.75, 3.05) is 33.7 Å². The van der Waals surface area contributed by atoms with Gasteiger partial charge in [0.15, 0.2) is 0 Å². The molecule has 2 aromatic rings. The van der Waals surface area contributed by atoms with Crippen LogP contribution in [0.4, 0.5) is 0 Å². The van der Waals surface area contributed by atoms with Gasteiger partial charge in [-0.2, -0.15) is 0 Å². The molecule has 1 aromatic heterocycles. The zero-order valence-corrected chi connectivity index (χ0v) is 12.7. The molecule has 2 heterocycles. The van der Waals surface area contributed by atoms with Crippen molar-refractivity contribution < 1.29 is 0 Å². The lowest BCUT2D eigenvalue weighted by atomic mass is 9.93. The third-order valence-electron chi connectivity index (χ3n) is 4.48. The normalized spacial score (nSPS) is 22.5. The van der Waals surface area contributed by atoms with Gasteiger partial charge in [-0.05, 0) is 31.8 Å². The summed E-state index contributed by atoms with van der Waals surface area (Å²) in [6.07, 6.45) is 1.83. The van der Waals surface area contributed by atoms with Crippen LogP contribution in [0.15, 0.2) is 36.5 Å². The first-order valence-electron chi connectivity index (χ1n) is 7.39. The molecular weight excluding hydrogens is 262 g/mol. The van der Waals surface area contributed by atoms with Gasteiger partial charge in [0.05, 0.1) is 11.6 Å². The van der Waals surface area contributed by atoms with Crippen LogP contribution in [0.2, 0.25) is 0 Å². The number of hydrogen-bond donors (Lipinski definition) is 2. The highest BCUT2D eigenvalue weighted by molar-refractivity contribution is 5.82. The van der Waals surface area contributed by atoms with Crippen LogP contribution in [0.25, 0.3) is 10.9 Å². The van der Waals surface area contributed by atoms with Crippen molar-refractivity contribution in [2.45, 2.75) is 12.1 Å². The summed E-state index contributed by atoms with van der Waals surface area (Å²) in [5.74, 6) is 5.92. The second-order valence-electron chi connectivity index (χ2n) is 5.87. The fourth-order valence-electron chi connectivity index (χ4n) is 3.21. The van der Waals surface area contributed by atoms with Gasteiger partial charge < -0.3 is 4.90 Å². The zero-order chi connectivity index (χ0) is 14.8. The molecule has 2 atom stereocenters. The molecular formula is C16H23N5. The molecule has 0 aliphatic carbocycles. The number of fused-ring (bicyclic) bond motifs is 1. The van der Waals surface area contributed by atoms with Crippen LogP contribution < -0.4 is 11.3 Å². The Morgan fingerprint density at radius 2 is 2.10 bits per heavy atom. The number of rotatable bonds is 3. The first-order chi connectivity index (χ1) is 10.2. The molecule has 5 heteroatoms. The Bertz CT molecular complexity index is 609. The number of hydrazine groups is 1. The summed E-state index contributed by atoms with van der Waals surface area (Å²) in [7, 11) is 4.34. The number of nitrogens with one attached hydrogen (secondary N) is 1. The molecule has 1 saturated heterocycles. The van der Waals surface area contributed by atoms with E-state index in [0.717, 1.165) is 25.2 Å². The molecule has 1 aliphatic heterocycles. The number of pyridine rings is 1. The molecule has 21 heavy (non-hydrogen) atoms. The van der Waals surface area contributed by atoms with Crippen LogP contribution in [0.1, 0.15) is 11.6 Å². The monoisotopic (exact) mass is 285 g/mol. The second kappa shape index (κ2) is 6.07. The molecule has 2 unspecified atom stereocenters. The molecule has 0 radical (unpaired) electrons. The Morgan fingerprint density at radius 1 is 1.24 bits per heavy atom. The SMILES string of the molecule is CN1CCN(C)C(C(NN)c2cccc3ncccc23)C1. The summed E-state index contributed by atoms with van der Waals surface area (Å²) < 4.78 is 0. The van der Waals surface area contributed by atoms with E-state index in [4.69, 9.17) is 5.84 Å². The summed E-state index contributed by atoms with van der Waals surface area (Å²) in [5.41, 5.74) is 5.27. The molecule has 1 aromatic carbocycles. The van der Waals surface area contributed by atoms with Gasteiger partial charge in [0.25, 0.3) is 0 Å². The van der Waals surface area contributed by atoms with E-state index in [1.54, 1.807) is 0 Å². The molecule has 0 saturated carbocycles. The predicted molar refractivity (Wildman–Crippen MR) is 85.7 cm³/mol. The molecule has 112 valence electrons. The molecule has 3 N–H and O–H groups in total. The van der Waals surface area contributed by atoms with Gasteiger partial charge in [0.1, 0.15) is 0 Å². The predicted octanol–water partition coefficient (Wildman–Crippen LogP) is 0.985. The van der Waals surface area contributed by atoms with Gasteiger partial charge in [-0.25, -0.2) is 0 Å². The van der Waals surface area contributed by atoms with Crippen LogP contribution in [0, 0.1) is 0 Å². The van der Waals surface area contributed by atoms with E-state index in [1.165, 1.54) is 10.9 Å². The third-order valence-corrected chi connectivity index (χ3v) is 4.48. The second-order valence-corrected chi connectivity index (χ2v) is 5.87. The van der Waals surface area contributed by atoms with E-state index in [9.17, 15) is 0 Å². The number of aromatic nitrogens is 1. The molecule has 0 amide bonds. The number of hydrogen-bond acceptors (Lipinski definition) is 5. The summed E-state index contributed by atoms with van der Waals surface area (Å²) in [5, 5.41) is 1.17. The van der Waals surface area contributed by atoms with Crippen LogP contribution in [-0.4, -0.2) is 54.6 Å². The van der Waals surface area contributed by atoms with Crippen molar-refractivity contribution >= 4 is 10.9 Å². The van der Waals surface area contributed by atoms with Gasteiger partial charge in [0, 0.05) is 37.3 Å². The van der Waals surface area contributed by atoms with E-state index in [-0.39, 0.29) is 6.04 Å². The summed E-state index contributed by atoms with van der Waals surface area (Å²) in [6, 6.07) is 10.8. The van der Waals surface area contributed by atoms with Crippen molar-refractivity contribution in [3.63, 3.8) is 0 Å². The van der Waals surface area contributed by atoms with Crippen molar-refractivity contribution in [3.05, 3.63) is 42.1 Å². The zero-order valence-electron chi connectivity index (χ0n) is 12.7. The van der Waals surface area contributed by atoms with E-state index < -0.39 is 0 Å². The molecule has 0 spiro atoms. The summed E-state index contributed by atoms with van der Waals surface area (Å²) >= 11 is 0. The van der Waals surface area contributed by atoms with Crippen LogP contribution >= 0.6 is 0 Å².